The molecule has 2 aromatic carbocycles. The standard InChI is InChI=1S/C19H20N4O3/c1-2-22(11-14-12-25-17-9-5-6-10-18(17)26-14)13-23-19(24)15-7-3-4-8-16(15)20-21-23/h3-10,14H,2,11-13H2,1H3/t14-/m0/s1. The fraction of sp³-hybridized carbons (Fsp3) is 0.316. The summed E-state index contributed by atoms with van der Waals surface area (Å²) in [6, 6.07) is 14.9. The summed E-state index contributed by atoms with van der Waals surface area (Å²) in [4.78, 5) is 14.7. The largest absolute Gasteiger partial charge is 0.486 e. The molecule has 0 spiro atoms. The minimum absolute atomic E-state index is 0.103. The van der Waals surface area contributed by atoms with Crippen LogP contribution in [0.4, 0.5) is 0 Å². The summed E-state index contributed by atoms with van der Waals surface area (Å²) < 4.78 is 13.2. The molecule has 0 fully saturated rings. The number of ether oxygens (including phenoxy) is 2. The van der Waals surface area contributed by atoms with Crippen molar-refractivity contribution in [1.29, 1.82) is 0 Å². The van der Waals surface area contributed by atoms with Crippen molar-refractivity contribution in [1.82, 2.24) is 19.9 Å². The van der Waals surface area contributed by atoms with Gasteiger partial charge in [0.05, 0.1) is 12.1 Å². The Morgan fingerprint density at radius 3 is 2.77 bits per heavy atom. The van der Waals surface area contributed by atoms with Gasteiger partial charge in [0.1, 0.15) is 18.2 Å². The molecule has 0 radical (unpaired) electrons. The minimum Gasteiger partial charge on any atom is -0.486 e. The van der Waals surface area contributed by atoms with E-state index in [-0.39, 0.29) is 11.7 Å². The van der Waals surface area contributed by atoms with E-state index in [2.05, 4.69) is 15.2 Å². The summed E-state index contributed by atoms with van der Waals surface area (Å²) in [7, 11) is 0. The van der Waals surface area contributed by atoms with E-state index in [0.29, 0.717) is 30.7 Å². The Hall–Kier alpha value is -2.93. The molecule has 0 amide bonds. The van der Waals surface area contributed by atoms with Crippen LogP contribution in [0.15, 0.2) is 53.3 Å². The molecule has 0 saturated heterocycles. The van der Waals surface area contributed by atoms with Gasteiger partial charge in [-0.3, -0.25) is 9.69 Å². The monoisotopic (exact) mass is 352 g/mol. The molecule has 1 aromatic heterocycles. The molecular formula is C19H20N4O3. The van der Waals surface area contributed by atoms with E-state index in [9.17, 15) is 4.79 Å². The zero-order chi connectivity index (χ0) is 17.9. The Morgan fingerprint density at radius 1 is 1.15 bits per heavy atom. The summed E-state index contributed by atoms with van der Waals surface area (Å²) in [5, 5.41) is 8.77. The van der Waals surface area contributed by atoms with Gasteiger partial charge in [-0.25, -0.2) is 0 Å². The number of aromatic nitrogens is 3. The normalized spacial score (nSPS) is 16.2. The topological polar surface area (TPSA) is 69.5 Å². The molecule has 7 nitrogen and oxygen atoms in total. The highest BCUT2D eigenvalue weighted by Gasteiger charge is 2.23. The van der Waals surface area contributed by atoms with E-state index >= 15 is 0 Å². The van der Waals surface area contributed by atoms with Crippen LogP contribution in [0.2, 0.25) is 0 Å². The third-order valence-electron chi connectivity index (χ3n) is 4.44. The van der Waals surface area contributed by atoms with Crippen molar-refractivity contribution in [3.63, 3.8) is 0 Å². The number of rotatable bonds is 5. The van der Waals surface area contributed by atoms with Crippen LogP contribution in [0.25, 0.3) is 10.9 Å². The highest BCUT2D eigenvalue weighted by molar-refractivity contribution is 5.76. The molecule has 1 atom stereocenters. The molecular weight excluding hydrogens is 332 g/mol. The fourth-order valence-corrected chi connectivity index (χ4v) is 3.03. The van der Waals surface area contributed by atoms with Crippen LogP contribution in [0.1, 0.15) is 6.92 Å². The van der Waals surface area contributed by atoms with Crippen molar-refractivity contribution in [3.05, 3.63) is 58.9 Å². The van der Waals surface area contributed by atoms with Crippen molar-refractivity contribution in [3.8, 4) is 11.5 Å². The summed E-state index contributed by atoms with van der Waals surface area (Å²) in [5.74, 6) is 1.52. The van der Waals surface area contributed by atoms with Crippen molar-refractivity contribution in [2.45, 2.75) is 19.7 Å². The van der Waals surface area contributed by atoms with E-state index in [1.54, 1.807) is 12.1 Å². The average molecular weight is 352 g/mol. The van der Waals surface area contributed by atoms with Crippen molar-refractivity contribution in [2.24, 2.45) is 0 Å². The second-order valence-corrected chi connectivity index (χ2v) is 6.22. The molecule has 134 valence electrons. The van der Waals surface area contributed by atoms with Crippen LogP contribution in [-0.2, 0) is 6.67 Å². The number of nitrogens with zero attached hydrogens (tertiary/aromatic N) is 4. The maximum absolute atomic E-state index is 12.6. The zero-order valence-electron chi connectivity index (χ0n) is 14.5. The highest BCUT2D eigenvalue weighted by atomic mass is 16.6. The van der Waals surface area contributed by atoms with Gasteiger partial charge >= 0.3 is 0 Å². The summed E-state index contributed by atoms with van der Waals surface area (Å²) in [5.41, 5.74) is 0.470. The van der Waals surface area contributed by atoms with Gasteiger partial charge in [-0.05, 0) is 30.8 Å². The number of likely N-dealkylation sites (N-methyl/N-ethyl adjacent to an activating group) is 1. The molecule has 26 heavy (non-hydrogen) atoms. The van der Waals surface area contributed by atoms with E-state index in [0.717, 1.165) is 18.0 Å². The lowest BCUT2D eigenvalue weighted by atomic mass is 10.2. The van der Waals surface area contributed by atoms with E-state index in [4.69, 9.17) is 9.47 Å². The van der Waals surface area contributed by atoms with Crippen LogP contribution < -0.4 is 15.0 Å². The van der Waals surface area contributed by atoms with Gasteiger partial charge in [-0.15, -0.1) is 5.10 Å². The molecule has 0 N–H and O–H groups in total. The van der Waals surface area contributed by atoms with Gasteiger partial charge in [-0.2, -0.15) is 4.68 Å². The molecule has 0 aliphatic carbocycles. The molecule has 0 unspecified atom stereocenters. The third-order valence-corrected chi connectivity index (χ3v) is 4.44. The maximum atomic E-state index is 12.6. The second-order valence-electron chi connectivity index (χ2n) is 6.22. The SMILES string of the molecule is CCN(C[C@H]1COc2ccccc2O1)Cn1nnc2ccccc2c1=O. The zero-order valence-corrected chi connectivity index (χ0v) is 14.5. The number of hydrogen-bond acceptors (Lipinski definition) is 6. The predicted octanol–water partition coefficient (Wildman–Crippen LogP) is 1.91. The summed E-state index contributed by atoms with van der Waals surface area (Å²) in [6.07, 6.45) is -0.103. The Labute approximate surface area is 150 Å². The van der Waals surface area contributed by atoms with Gasteiger partial charge in [0.25, 0.3) is 5.56 Å². The summed E-state index contributed by atoms with van der Waals surface area (Å²) >= 11 is 0. The van der Waals surface area contributed by atoms with Crippen LogP contribution in [0.5, 0.6) is 11.5 Å². The smallest absolute Gasteiger partial charge is 0.278 e. The molecule has 4 rings (SSSR count). The quantitative estimate of drug-likeness (QED) is 0.699. The fourth-order valence-electron chi connectivity index (χ4n) is 3.03. The molecule has 7 heteroatoms. The van der Waals surface area contributed by atoms with Gasteiger partial charge < -0.3 is 9.47 Å². The first-order chi connectivity index (χ1) is 12.7. The van der Waals surface area contributed by atoms with Gasteiger partial charge in [0.15, 0.2) is 11.5 Å². The van der Waals surface area contributed by atoms with Crippen LogP contribution in [0, 0.1) is 0 Å². The van der Waals surface area contributed by atoms with Crippen molar-refractivity contribution >= 4 is 10.9 Å². The average Bonchev–Trinajstić information content (AvgIpc) is 2.69. The van der Waals surface area contributed by atoms with Crippen LogP contribution in [-0.4, -0.2) is 45.7 Å². The summed E-state index contributed by atoms with van der Waals surface area (Å²) in [6.45, 7) is 4.26. The molecule has 3 aromatic rings. The predicted molar refractivity (Wildman–Crippen MR) is 97.4 cm³/mol. The third kappa shape index (κ3) is 3.25. The van der Waals surface area contributed by atoms with Crippen LogP contribution >= 0.6 is 0 Å². The van der Waals surface area contributed by atoms with E-state index in [1.807, 2.05) is 43.3 Å². The Balaban J connectivity index is 1.49. The Morgan fingerprint density at radius 2 is 1.92 bits per heavy atom. The highest BCUT2D eigenvalue weighted by Crippen LogP contribution is 2.31. The van der Waals surface area contributed by atoms with Crippen molar-refractivity contribution < 1.29 is 9.47 Å². The lowest BCUT2D eigenvalue weighted by molar-refractivity contribution is 0.0488. The van der Waals surface area contributed by atoms with E-state index in [1.165, 1.54) is 4.68 Å². The van der Waals surface area contributed by atoms with Crippen LogP contribution in [0.3, 0.4) is 0 Å². The lowest BCUT2D eigenvalue weighted by Crippen LogP contribution is -2.43. The Bertz CT molecular complexity index is 972. The second kappa shape index (κ2) is 7.13. The first-order valence-corrected chi connectivity index (χ1v) is 8.68. The number of para-hydroxylation sites is 2. The molecule has 1 aliphatic heterocycles. The van der Waals surface area contributed by atoms with E-state index < -0.39 is 0 Å². The van der Waals surface area contributed by atoms with Crippen molar-refractivity contribution in [2.75, 3.05) is 19.7 Å². The lowest BCUT2D eigenvalue weighted by Gasteiger charge is -2.30. The van der Waals surface area contributed by atoms with Gasteiger partial charge in [-0.1, -0.05) is 36.4 Å². The number of benzene rings is 2. The van der Waals surface area contributed by atoms with Gasteiger partial charge in [0.2, 0.25) is 0 Å². The molecule has 0 bridgehead atoms. The molecule has 2 heterocycles. The maximum Gasteiger partial charge on any atom is 0.278 e. The first kappa shape index (κ1) is 16.5. The van der Waals surface area contributed by atoms with Gasteiger partial charge in [0, 0.05) is 6.54 Å². The first-order valence-electron chi connectivity index (χ1n) is 8.68. The minimum atomic E-state index is -0.139. The number of hydrogen-bond donors (Lipinski definition) is 0. The molecule has 1 aliphatic rings. The number of fused-ring (bicyclic) bond motifs is 2. The Kier molecular flexibility index (Phi) is 4.53. The molecule has 0 saturated carbocycles.